The summed E-state index contributed by atoms with van der Waals surface area (Å²) in [5.41, 5.74) is 1.06. The molecule has 0 bridgehead atoms. The summed E-state index contributed by atoms with van der Waals surface area (Å²) in [6, 6.07) is 1.97. The van der Waals surface area contributed by atoms with Gasteiger partial charge in [0, 0.05) is 11.6 Å². The molecule has 14 heavy (non-hydrogen) atoms. The minimum Gasteiger partial charge on any atom is -0.495 e. The fourth-order valence-corrected chi connectivity index (χ4v) is 1.96. The van der Waals surface area contributed by atoms with Crippen molar-refractivity contribution in [3.63, 3.8) is 0 Å². The Morgan fingerprint density at radius 3 is 2.79 bits per heavy atom. The Morgan fingerprint density at radius 2 is 2.29 bits per heavy atom. The van der Waals surface area contributed by atoms with Crippen molar-refractivity contribution in [3.8, 4) is 5.75 Å². The first-order valence-electron chi connectivity index (χ1n) is 4.91. The first-order valence-corrected chi connectivity index (χ1v) is 4.91. The quantitative estimate of drug-likeness (QED) is 0.791. The number of rotatable bonds is 3. The maximum absolute atomic E-state index is 9.38. The van der Waals surface area contributed by atoms with E-state index in [9.17, 15) is 5.11 Å². The van der Waals surface area contributed by atoms with Crippen molar-refractivity contribution in [3.05, 3.63) is 24.0 Å². The van der Waals surface area contributed by atoms with E-state index in [4.69, 9.17) is 4.74 Å². The topological polar surface area (TPSA) is 42.4 Å². The molecule has 0 unspecified atom stereocenters. The van der Waals surface area contributed by atoms with Gasteiger partial charge in [0.15, 0.2) is 0 Å². The van der Waals surface area contributed by atoms with Gasteiger partial charge in [0.05, 0.1) is 19.9 Å². The third-order valence-corrected chi connectivity index (χ3v) is 3.17. The van der Waals surface area contributed by atoms with Gasteiger partial charge in [-0.25, -0.2) is 0 Å². The third-order valence-electron chi connectivity index (χ3n) is 3.17. The molecule has 1 fully saturated rings. The monoisotopic (exact) mass is 193 g/mol. The van der Waals surface area contributed by atoms with Crippen molar-refractivity contribution >= 4 is 0 Å². The van der Waals surface area contributed by atoms with Crippen LogP contribution in [-0.2, 0) is 5.41 Å². The van der Waals surface area contributed by atoms with E-state index >= 15 is 0 Å². The second-order valence-corrected chi connectivity index (χ2v) is 3.91. The molecule has 3 nitrogen and oxygen atoms in total. The number of aliphatic hydroxyl groups is 1. The molecule has 0 spiro atoms. The lowest BCUT2D eigenvalue weighted by Crippen LogP contribution is -2.37. The van der Waals surface area contributed by atoms with Crippen LogP contribution < -0.4 is 4.74 Å². The molecule has 3 heteroatoms. The number of pyridine rings is 1. The van der Waals surface area contributed by atoms with Crippen molar-refractivity contribution < 1.29 is 9.84 Å². The number of hydrogen-bond donors (Lipinski definition) is 1. The van der Waals surface area contributed by atoms with Gasteiger partial charge in [-0.05, 0) is 24.5 Å². The molecular weight excluding hydrogens is 178 g/mol. The molecule has 1 aromatic heterocycles. The molecule has 1 aliphatic rings. The molecule has 1 heterocycles. The summed E-state index contributed by atoms with van der Waals surface area (Å²) in [6.45, 7) is 0.210. The van der Waals surface area contributed by atoms with Crippen LogP contribution in [0.3, 0.4) is 0 Å². The van der Waals surface area contributed by atoms with Crippen LogP contribution >= 0.6 is 0 Å². The predicted molar refractivity (Wildman–Crippen MR) is 53.4 cm³/mol. The molecule has 76 valence electrons. The smallest absolute Gasteiger partial charge is 0.137 e. The van der Waals surface area contributed by atoms with E-state index in [0.717, 1.165) is 24.2 Å². The first kappa shape index (κ1) is 9.46. The van der Waals surface area contributed by atoms with Crippen LogP contribution in [0, 0.1) is 0 Å². The van der Waals surface area contributed by atoms with Gasteiger partial charge in [-0.15, -0.1) is 0 Å². The van der Waals surface area contributed by atoms with Crippen molar-refractivity contribution in [2.75, 3.05) is 13.7 Å². The van der Waals surface area contributed by atoms with Gasteiger partial charge in [0.1, 0.15) is 5.75 Å². The molecular formula is C11H15NO2. The van der Waals surface area contributed by atoms with E-state index in [1.165, 1.54) is 6.42 Å². The maximum Gasteiger partial charge on any atom is 0.137 e. The van der Waals surface area contributed by atoms with E-state index in [-0.39, 0.29) is 12.0 Å². The summed E-state index contributed by atoms with van der Waals surface area (Å²) in [6.07, 6.45) is 6.82. The van der Waals surface area contributed by atoms with Gasteiger partial charge in [-0.3, -0.25) is 4.98 Å². The summed E-state index contributed by atoms with van der Waals surface area (Å²) in [4.78, 5) is 4.12. The highest BCUT2D eigenvalue weighted by molar-refractivity contribution is 5.32. The Kier molecular flexibility index (Phi) is 2.42. The van der Waals surface area contributed by atoms with E-state index in [1.54, 1.807) is 13.3 Å². The molecule has 1 aliphatic carbocycles. The van der Waals surface area contributed by atoms with Crippen LogP contribution in [0.4, 0.5) is 0 Å². The lowest BCUT2D eigenvalue weighted by molar-refractivity contribution is 0.119. The minimum atomic E-state index is -0.0401. The van der Waals surface area contributed by atoms with Gasteiger partial charge in [-0.2, -0.15) is 0 Å². The normalized spacial score (nSPS) is 18.7. The summed E-state index contributed by atoms with van der Waals surface area (Å²) < 4.78 is 5.12. The van der Waals surface area contributed by atoms with Crippen LogP contribution in [0.1, 0.15) is 24.8 Å². The highest BCUT2D eigenvalue weighted by atomic mass is 16.5. The zero-order chi connectivity index (χ0) is 10.0. The van der Waals surface area contributed by atoms with Crippen LogP contribution in [0.25, 0.3) is 0 Å². The number of aromatic nitrogens is 1. The Labute approximate surface area is 83.7 Å². The first-order chi connectivity index (χ1) is 6.80. The number of aliphatic hydroxyl groups excluding tert-OH is 1. The molecule has 0 saturated heterocycles. The van der Waals surface area contributed by atoms with Gasteiger partial charge < -0.3 is 9.84 Å². The second kappa shape index (κ2) is 3.58. The van der Waals surface area contributed by atoms with Crippen LogP contribution in [0.5, 0.6) is 5.75 Å². The molecule has 1 N–H and O–H groups in total. The zero-order valence-electron chi connectivity index (χ0n) is 8.36. The Hall–Kier alpha value is -1.09. The van der Waals surface area contributed by atoms with Crippen LogP contribution in [0.2, 0.25) is 0 Å². The lowest BCUT2D eigenvalue weighted by atomic mass is 9.65. The van der Waals surface area contributed by atoms with Gasteiger partial charge >= 0.3 is 0 Å². The highest BCUT2D eigenvalue weighted by Crippen LogP contribution is 2.43. The Morgan fingerprint density at radius 1 is 1.50 bits per heavy atom. The average Bonchev–Trinajstić information content (AvgIpc) is 2.18. The molecule has 0 aromatic carbocycles. The summed E-state index contributed by atoms with van der Waals surface area (Å²) >= 11 is 0. The molecule has 0 radical (unpaired) electrons. The number of nitrogens with zero attached hydrogens (tertiary/aromatic N) is 1. The molecule has 0 aliphatic heterocycles. The Bertz CT molecular complexity index is 315. The molecule has 0 amide bonds. The largest absolute Gasteiger partial charge is 0.495 e. The zero-order valence-corrected chi connectivity index (χ0v) is 8.36. The van der Waals surface area contributed by atoms with Crippen molar-refractivity contribution in [2.45, 2.75) is 24.7 Å². The number of ether oxygens (including phenoxy) is 1. The Balaban J connectivity index is 2.30. The molecule has 1 aromatic rings. The van der Waals surface area contributed by atoms with E-state index < -0.39 is 0 Å². The van der Waals surface area contributed by atoms with Crippen molar-refractivity contribution in [1.82, 2.24) is 4.98 Å². The molecule has 2 rings (SSSR count). The second-order valence-electron chi connectivity index (χ2n) is 3.91. The third kappa shape index (κ3) is 1.38. The highest BCUT2D eigenvalue weighted by Gasteiger charge is 2.38. The summed E-state index contributed by atoms with van der Waals surface area (Å²) in [5.74, 6) is 0.766. The van der Waals surface area contributed by atoms with Crippen LogP contribution in [-0.4, -0.2) is 23.8 Å². The van der Waals surface area contributed by atoms with Gasteiger partial charge in [-0.1, -0.05) is 6.42 Å². The standard InChI is InChI=1S/C11H15NO2/c1-14-10-5-9(6-12-7-10)11(8-13)3-2-4-11/h5-7,13H,2-4,8H2,1H3. The fraction of sp³-hybridized carbons (Fsp3) is 0.545. The fourth-order valence-electron chi connectivity index (χ4n) is 1.96. The van der Waals surface area contributed by atoms with Gasteiger partial charge in [0.2, 0.25) is 0 Å². The summed E-state index contributed by atoms with van der Waals surface area (Å²) in [7, 11) is 1.63. The predicted octanol–water partition coefficient (Wildman–Crippen LogP) is 1.50. The van der Waals surface area contributed by atoms with Crippen molar-refractivity contribution in [2.24, 2.45) is 0 Å². The van der Waals surface area contributed by atoms with E-state index in [2.05, 4.69) is 4.98 Å². The van der Waals surface area contributed by atoms with E-state index in [0.29, 0.717) is 0 Å². The summed E-state index contributed by atoms with van der Waals surface area (Å²) in [5, 5.41) is 9.38. The molecule has 0 atom stereocenters. The number of methoxy groups -OCH3 is 1. The number of hydrogen-bond acceptors (Lipinski definition) is 3. The van der Waals surface area contributed by atoms with Crippen molar-refractivity contribution in [1.29, 1.82) is 0 Å². The van der Waals surface area contributed by atoms with E-state index in [1.807, 2.05) is 12.3 Å². The average molecular weight is 193 g/mol. The van der Waals surface area contributed by atoms with Crippen LogP contribution in [0.15, 0.2) is 18.5 Å². The lowest BCUT2D eigenvalue weighted by Gasteiger charge is -2.40. The maximum atomic E-state index is 9.38. The SMILES string of the molecule is COc1cncc(C2(CO)CCC2)c1. The van der Waals surface area contributed by atoms with Gasteiger partial charge in [0.25, 0.3) is 0 Å². The molecule has 1 saturated carbocycles. The minimum absolute atomic E-state index is 0.0401.